The van der Waals surface area contributed by atoms with Gasteiger partial charge < -0.3 is 19.6 Å². The normalized spacial score (nSPS) is 22.0. The number of amides is 1. The number of benzene rings is 1. The number of fused-ring (bicyclic) bond motifs is 1. The highest BCUT2D eigenvalue weighted by molar-refractivity contribution is 7.91. The van der Waals surface area contributed by atoms with Gasteiger partial charge in [0.1, 0.15) is 11.3 Å². The molecule has 0 radical (unpaired) electrons. The Morgan fingerprint density at radius 1 is 1.36 bits per heavy atom. The Hall–Kier alpha value is -2.39. The molecule has 0 aliphatic carbocycles. The zero-order chi connectivity index (χ0) is 18.2. The third-order valence-electron chi connectivity index (χ3n) is 3.96. The molecule has 3 rings (SSSR count). The number of aliphatic hydroxyl groups is 1. The average Bonchev–Trinajstić information content (AvgIpc) is 2.76. The number of sulfone groups is 1. The second-order valence-corrected chi connectivity index (χ2v) is 8.17. The van der Waals surface area contributed by atoms with Crippen molar-refractivity contribution in [1.29, 1.82) is 0 Å². The van der Waals surface area contributed by atoms with Gasteiger partial charge in [-0.25, -0.2) is 13.2 Å². The largest absolute Gasteiger partial charge is 0.484 e. The fourth-order valence-corrected chi connectivity index (χ4v) is 4.50. The summed E-state index contributed by atoms with van der Waals surface area (Å²) in [7, 11) is -3.34. The highest BCUT2D eigenvalue weighted by Gasteiger charge is 2.37. The molecule has 25 heavy (non-hydrogen) atoms. The lowest BCUT2D eigenvalue weighted by Gasteiger charge is -2.15. The summed E-state index contributed by atoms with van der Waals surface area (Å²) in [5.74, 6) is -0.870. The van der Waals surface area contributed by atoms with Gasteiger partial charge in [-0.3, -0.25) is 4.79 Å². The van der Waals surface area contributed by atoms with E-state index in [1.165, 1.54) is 12.1 Å². The first-order valence-corrected chi connectivity index (χ1v) is 9.41. The topological polar surface area (TPSA) is 123 Å². The summed E-state index contributed by atoms with van der Waals surface area (Å²) >= 11 is 0. The van der Waals surface area contributed by atoms with Crippen molar-refractivity contribution in [3.8, 4) is 5.75 Å². The summed E-state index contributed by atoms with van der Waals surface area (Å²) in [6.07, 6.45) is -1.12. The van der Waals surface area contributed by atoms with E-state index in [1.807, 2.05) is 0 Å². The monoisotopic (exact) mass is 367 g/mol. The molecule has 0 spiro atoms. The third kappa shape index (κ3) is 3.99. The van der Waals surface area contributed by atoms with E-state index in [9.17, 15) is 23.1 Å². The van der Waals surface area contributed by atoms with Crippen LogP contribution in [-0.4, -0.2) is 49.7 Å². The minimum absolute atomic E-state index is 0.291. The SMILES string of the molecule is Cc1cc(=O)oc2cc(OCC(=O)N[C@H]3CS(=O)(=O)C[C@H]3O)ccc12. The van der Waals surface area contributed by atoms with Crippen molar-refractivity contribution in [2.24, 2.45) is 0 Å². The highest BCUT2D eigenvalue weighted by Crippen LogP contribution is 2.22. The maximum absolute atomic E-state index is 11.9. The first-order chi connectivity index (χ1) is 11.7. The standard InChI is InChI=1S/C16H17NO7S/c1-9-4-16(20)24-14-5-10(2-3-11(9)14)23-6-15(19)17-12-7-25(21,22)8-13(12)18/h2-5,12-13,18H,6-8H2,1H3,(H,17,19)/t12-,13+/m0/s1. The van der Waals surface area contributed by atoms with Gasteiger partial charge in [0.15, 0.2) is 16.4 Å². The fourth-order valence-electron chi connectivity index (χ4n) is 2.76. The molecule has 0 unspecified atom stereocenters. The minimum Gasteiger partial charge on any atom is -0.484 e. The molecule has 1 aromatic heterocycles. The molecule has 1 aromatic carbocycles. The molecule has 1 aliphatic rings. The van der Waals surface area contributed by atoms with Crippen LogP contribution in [-0.2, 0) is 14.6 Å². The molecule has 1 amide bonds. The van der Waals surface area contributed by atoms with Crippen LogP contribution in [0, 0.1) is 6.92 Å². The van der Waals surface area contributed by atoms with E-state index < -0.39 is 33.5 Å². The zero-order valence-electron chi connectivity index (χ0n) is 13.4. The van der Waals surface area contributed by atoms with Crippen molar-refractivity contribution in [2.75, 3.05) is 18.1 Å². The summed E-state index contributed by atoms with van der Waals surface area (Å²) in [6.45, 7) is 1.43. The Kier molecular flexibility index (Phi) is 4.53. The molecule has 2 atom stereocenters. The molecule has 0 saturated carbocycles. The van der Waals surface area contributed by atoms with Crippen LogP contribution in [0.3, 0.4) is 0 Å². The molecule has 1 fully saturated rings. The van der Waals surface area contributed by atoms with E-state index in [-0.39, 0.29) is 18.1 Å². The molecule has 2 heterocycles. The Morgan fingerprint density at radius 2 is 2.12 bits per heavy atom. The van der Waals surface area contributed by atoms with E-state index in [0.29, 0.717) is 11.3 Å². The van der Waals surface area contributed by atoms with Crippen molar-refractivity contribution < 1.29 is 27.5 Å². The van der Waals surface area contributed by atoms with Gasteiger partial charge in [-0.15, -0.1) is 0 Å². The van der Waals surface area contributed by atoms with Gasteiger partial charge in [0.25, 0.3) is 5.91 Å². The summed E-state index contributed by atoms with van der Waals surface area (Å²) < 4.78 is 33.3. The number of hydrogen-bond acceptors (Lipinski definition) is 7. The summed E-state index contributed by atoms with van der Waals surface area (Å²) in [4.78, 5) is 23.3. The molecule has 1 saturated heterocycles. The second-order valence-electron chi connectivity index (χ2n) is 6.01. The van der Waals surface area contributed by atoms with Gasteiger partial charge in [-0.05, 0) is 24.6 Å². The minimum atomic E-state index is -3.34. The lowest BCUT2D eigenvalue weighted by Crippen LogP contribution is -2.44. The summed E-state index contributed by atoms with van der Waals surface area (Å²) in [6, 6.07) is 5.41. The highest BCUT2D eigenvalue weighted by atomic mass is 32.2. The summed E-state index contributed by atoms with van der Waals surface area (Å²) in [5, 5.41) is 12.9. The molecule has 2 N–H and O–H groups in total. The number of aryl methyl sites for hydroxylation is 1. The smallest absolute Gasteiger partial charge is 0.336 e. The Morgan fingerprint density at radius 3 is 2.80 bits per heavy atom. The van der Waals surface area contributed by atoms with E-state index in [4.69, 9.17) is 9.15 Å². The molecular formula is C16H17NO7S. The molecule has 8 nitrogen and oxygen atoms in total. The first-order valence-electron chi connectivity index (χ1n) is 7.59. The van der Waals surface area contributed by atoms with Crippen LogP contribution in [0.2, 0.25) is 0 Å². The van der Waals surface area contributed by atoms with E-state index >= 15 is 0 Å². The van der Waals surface area contributed by atoms with Crippen LogP contribution >= 0.6 is 0 Å². The lowest BCUT2D eigenvalue weighted by atomic mass is 10.1. The van der Waals surface area contributed by atoms with E-state index in [2.05, 4.69) is 5.32 Å². The van der Waals surface area contributed by atoms with Crippen molar-refractivity contribution >= 4 is 26.7 Å². The number of ether oxygens (including phenoxy) is 1. The first kappa shape index (κ1) is 17.4. The number of nitrogens with one attached hydrogen (secondary N) is 1. The summed E-state index contributed by atoms with van der Waals surface area (Å²) in [5.41, 5.74) is 0.642. The Labute approximate surface area is 143 Å². The molecule has 1 aliphatic heterocycles. The molecular weight excluding hydrogens is 350 g/mol. The van der Waals surface area contributed by atoms with Gasteiger partial charge in [-0.2, -0.15) is 0 Å². The van der Waals surface area contributed by atoms with Crippen molar-refractivity contribution in [3.05, 3.63) is 40.2 Å². The lowest BCUT2D eigenvalue weighted by molar-refractivity contribution is -0.124. The fraction of sp³-hybridized carbons (Fsp3) is 0.375. The van der Waals surface area contributed by atoms with Gasteiger partial charge in [0.2, 0.25) is 0 Å². The van der Waals surface area contributed by atoms with E-state index in [1.54, 1.807) is 19.1 Å². The molecule has 9 heteroatoms. The second kappa shape index (κ2) is 6.49. The average molecular weight is 367 g/mol. The van der Waals surface area contributed by atoms with Gasteiger partial charge in [0, 0.05) is 17.5 Å². The Balaban J connectivity index is 1.64. The maximum atomic E-state index is 11.9. The quantitative estimate of drug-likeness (QED) is 0.715. The van der Waals surface area contributed by atoms with Gasteiger partial charge >= 0.3 is 5.63 Å². The number of carbonyl (C=O) groups excluding carboxylic acids is 1. The van der Waals surface area contributed by atoms with Crippen molar-refractivity contribution in [1.82, 2.24) is 5.32 Å². The predicted molar refractivity (Wildman–Crippen MR) is 89.3 cm³/mol. The van der Waals surface area contributed by atoms with Crippen molar-refractivity contribution in [2.45, 2.75) is 19.1 Å². The van der Waals surface area contributed by atoms with Crippen LogP contribution < -0.4 is 15.7 Å². The van der Waals surface area contributed by atoms with Gasteiger partial charge in [0.05, 0.1) is 23.7 Å². The van der Waals surface area contributed by atoms with Crippen molar-refractivity contribution in [3.63, 3.8) is 0 Å². The van der Waals surface area contributed by atoms with Crippen LogP contribution in [0.1, 0.15) is 5.56 Å². The number of rotatable bonds is 4. The van der Waals surface area contributed by atoms with Crippen LogP contribution in [0.5, 0.6) is 5.75 Å². The van der Waals surface area contributed by atoms with Crippen LogP contribution in [0.4, 0.5) is 0 Å². The zero-order valence-corrected chi connectivity index (χ0v) is 14.2. The maximum Gasteiger partial charge on any atom is 0.336 e. The number of aliphatic hydroxyl groups excluding tert-OH is 1. The molecule has 0 bridgehead atoms. The number of hydrogen-bond donors (Lipinski definition) is 2. The van der Waals surface area contributed by atoms with E-state index in [0.717, 1.165) is 10.9 Å². The third-order valence-corrected chi connectivity index (χ3v) is 5.68. The Bertz CT molecular complexity index is 980. The predicted octanol–water partition coefficient (Wildman–Crippen LogP) is -0.246. The van der Waals surface area contributed by atoms with Crippen LogP contribution in [0.25, 0.3) is 11.0 Å². The molecule has 2 aromatic rings. The van der Waals surface area contributed by atoms with Crippen LogP contribution in [0.15, 0.2) is 33.5 Å². The number of carbonyl (C=O) groups is 1. The van der Waals surface area contributed by atoms with Gasteiger partial charge in [-0.1, -0.05) is 0 Å². The molecule has 134 valence electrons.